The summed E-state index contributed by atoms with van der Waals surface area (Å²) in [7, 11) is 0. The van der Waals surface area contributed by atoms with Gasteiger partial charge in [-0.2, -0.15) is 0 Å². The summed E-state index contributed by atoms with van der Waals surface area (Å²) in [5.41, 5.74) is 6.66. The number of nitrogens with one attached hydrogen (secondary N) is 1. The minimum atomic E-state index is -0.388. The zero-order valence-corrected chi connectivity index (χ0v) is 8.41. The third-order valence-corrected chi connectivity index (χ3v) is 2.72. The Kier molecular flexibility index (Phi) is 2.09. The monoisotopic (exact) mass is 240 g/mol. The van der Waals surface area contributed by atoms with E-state index >= 15 is 0 Å². The van der Waals surface area contributed by atoms with Gasteiger partial charge in [-0.1, -0.05) is 28.1 Å². The van der Waals surface area contributed by atoms with Crippen molar-refractivity contribution in [2.45, 2.75) is 12.1 Å². The first kappa shape index (κ1) is 8.72. The van der Waals surface area contributed by atoms with Crippen molar-refractivity contribution in [1.82, 2.24) is 5.32 Å². The zero-order chi connectivity index (χ0) is 9.42. The smallest absolute Gasteiger partial charge is 0.239 e. The molecule has 0 spiro atoms. The fraction of sp³-hybridized carbons (Fsp3) is 0.222. The average Bonchev–Trinajstić information content (AvgIpc) is 2.15. The normalized spacial score (nSPS) is 26.5. The maximum atomic E-state index is 10.8. The number of carbonyl (C=O) groups excluding carboxylic acids is 1. The van der Waals surface area contributed by atoms with Gasteiger partial charge in [0.25, 0.3) is 0 Å². The van der Waals surface area contributed by atoms with Crippen LogP contribution in [0.15, 0.2) is 28.7 Å². The molecule has 2 unspecified atom stereocenters. The second-order valence-electron chi connectivity index (χ2n) is 3.06. The van der Waals surface area contributed by atoms with Crippen LogP contribution in [0.4, 0.5) is 0 Å². The second kappa shape index (κ2) is 3.12. The number of amides is 1. The number of nitrogens with two attached hydrogens (primary N) is 1. The van der Waals surface area contributed by atoms with Crippen LogP contribution in [0.2, 0.25) is 0 Å². The zero-order valence-electron chi connectivity index (χ0n) is 6.83. The highest BCUT2D eigenvalue weighted by Crippen LogP contribution is 2.24. The van der Waals surface area contributed by atoms with Crippen molar-refractivity contribution in [3.05, 3.63) is 34.3 Å². The molecule has 0 saturated carbocycles. The largest absolute Gasteiger partial charge is 0.346 e. The lowest BCUT2D eigenvalue weighted by Gasteiger charge is -2.34. The van der Waals surface area contributed by atoms with Crippen LogP contribution < -0.4 is 11.1 Å². The summed E-state index contributed by atoms with van der Waals surface area (Å²) >= 11 is 3.34. The van der Waals surface area contributed by atoms with E-state index in [0.29, 0.717) is 0 Å². The molecule has 4 heteroatoms. The van der Waals surface area contributed by atoms with Gasteiger partial charge in [0.05, 0.1) is 6.04 Å². The van der Waals surface area contributed by atoms with Gasteiger partial charge in [0.15, 0.2) is 0 Å². The van der Waals surface area contributed by atoms with Gasteiger partial charge in [0, 0.05) is 4.47 Å². The molecule has 1 saturated heterocycles. The number of carbonyl (C=O) groups is 1. The molecule has 0 radical (unpaired) electrons. The van der Waals surface area contributed by atoms with E-state index in [1.54, 1.807) is 0 Å². The molecule has 1 fully saturated rings. The number of hydrogen-bond donors (Lipinski definition) is 2. The first-order valence-electron chi connectivity index (χ1n) is 4.00. The van der Waals surface area contributed by atoms with Gasteiger partial charge in [0.1, 0.15) is 6.04 Å². The molecule has 0 aromatic heterocycles. The third-order valence-electron chi connectivity index (χ3n) is 2.19. The van der Waals surface area contributed by atoms with Crippen molar-refractivity contribution in [3.8, 4) is 0 Å². The number of halogens is 1. The van der Waals surface area contributed by atoms with Crippen LogP contribution in [0.25, 0.3) is 0 Å². The number of hydrogen-bond acceptors (Lipinski definition) is 2. The Morgan fingerprint density at radius 1 is 1.31 bits per heavy atom. The van der Waals surface area contributed by atoms with E-state index in [0.717, 1.165) is 10.0 Å². The Balaban J connectivity index is 2.18. The van der Waals surface area contributed by atoms with Crippen LogP contribution in [0.5, 0.6) is 0 Å². The summed E-state index contributed by atoms with van der Waals surface area (Å²) in [6.07, 6.45) is 0. The number of benzene rings is 1. The second-order valence-corrected chi connectivity index (χ2v) is 3.98. The average molecular weight is 241 g/mol. The van der Waals surface area contributed by atoms with Crippen molar-refractivity contribution >= 4 is 21.8 Å². The molecule has 0 aliphatic carbocycles. The highest BCUT2D eigenvalue weighted by atomic mass is 79.9. The van der Waals surface area contributed by atoms with Crippen LogP contribution in [0.3, 0.4) is 0 Å². The minimum absolute atomic E-state index is 0.0133. The van der Waals surface area contributed by atoms with Crippen molar-refractivity contribution in [2.24, 2.45) is 5.73 Å². The number of β-lactam (4-membered cyclic amide) rings is 1. The molecule has 1 aliphatic heterocycles. The van der Waals surface area contributed by atoms with E-state index in [1.807, 2.05) is 24.3 Å². The predicted molar refractivity (Wildman–Crippen MR) is 53.0 cm³/mol. The SMILES string of the molecule is NC1C(=O)NC1c1ccc(Br)cc1. The molecule has 0 bridgehead atoms. The van der Waals surface area contributed by atoms with Gasteiger partial charge in [-0.05, 0) is 17.7 Å². The van der Waals surface area contributed by atoms with Crippen molar-refractivity contribution in [1.29, 1.82) is 0 Å². The molecule has 1 aromatic carbocycles. The van der Waals surface area contributed by atoms with Gasteiger partial charge < -0.3 is 11.1 Å². The lowest BCUT2D eigenvalue weighted by Crippen LogP contribution is -2.60. The summed E-state index contributed by atoms with van der Waals surface area (Å²) in [5, 5.41) is 2.75. The standard InChI is InChI=1S/C9H9BrN2O/c10-6-3-1-5(2-4-6)8-7(11)9(13)12-8/h1-4,7-8H,11H2,(H,12,13). The van der Waals surface area contributed by atoms with Gasteiger partial charge in [0.2, 0.25) is 5.91 Å². The predicted octanol–water partition coefficient (Wildman–Crippen LogP) is 0.947. The molecule has 1 aliphatic rings. The lowest BCUT2D eigenvalue weighted by atomic mass is 9.93. The first-order chi connectivity index (χ1) is 6.18. The molecular formula is C9H9BrN2O. The van der Waals surface area contributed by atoms with Gasteiger partial charge in [-0.3, -0.25) is 4.79 Å². The molecule has 13 heavy (non-hydrogen) atoms. The van der Waals surface area contributed by atoms with Crippen LogP contribution in [0, 0.1) is 0 Å². The maximum Gasteiger partial charge on any atom is 0.239 e. The van der Waals surface area contributed by atoms with Crippen LogP contribution in [-0.4, -0.2) is 11.9 Å². The molecular weight excluding hydrogens is 232 g/mol. The topological polar surface area (TPSA) is 55.1 Å². The van der Waals surface area contributed by atoms with Crippen molar-refractivity contribution < 1.29 is 4.79 Å². The summed E-state index contributed by atoms with van der Waals surface area (Å²) in [6, 6.07) is 7.38. The fourth-order valence-corrected chi connectivity index (χ4v) is 1.62. The highest BCUT2D eigenvalue weighted by molar-refractivity contribution is 9.10. The Hall–Kier alpha value is -0.870. The van der Waals surface area contributed by atoms with E-state index in [1.165, 1.54) is 0 Å². The first-order valence-corrected chi connectivity index (χ1v) is 4.79. The van der Waals surface area contributed by atoms with Gasteiger partial charge in [-0.25, -0.2) is 0 Å². The molecule has 68 valence electrons. The summed E-state index contributed by atoms with van der Waals surface area (Å²) in [4.78, 5) is 10.8. The summed E-state index contributed by atoms with van der Waals surface area (Å²) in [6.45, 7) is 0. The molecule has 1 heterocycles. The number of rotatable bonds is 1. The third kappa shape index (κ3) is 1.47. The molecule has 1 amide bonds. The van der Waals surface area contributed by atoms with E-state index in [-0.39, 0.29) is 18.0 Å². The Bertz CT molecular complexity index is 336. The summed E-state index contributed by atoms with van der Waals surface area (Å²) in [5.74, 6) is -0.0760. The minimum Gasteiger partial charge on any atom is -0.346 e. The van der Waals surface area contributed by atoms with E-state index in [9.17, 15) is 4.79 Å². The molecule has 2 atom stereocenters. The Morgan fingerprint density at radius 2 is 1.92 bits per heavy atom. The Morgan fingerprint density at radius 3 is 2.38 bits per heavy atom. The van der Waals surface area contributed by atoms with E-state index < -0.39 is 0 Å². The van der Waals surface area contributed by atoms with E-state index in [2.05, 4.69) is 21.2 Å². The molecule has 3 nitrogen and oxygen atoms in total. The van der Waals surface area contributed by atoms with E-state index in [4.69, 9.17) is 5.73 Å². The molecule has 1 aromatic rings. The quantitative estimate of drug-likeness (QED) is 0.719. The van der Waals surface area contributed by atoms with Gasteiger partial charge in [-0.15, -0.1) is 0 Å². The van der Waals surface area contributed by atoms with Crippen molar-refractivity contribution in [3.63, 3.8) is 0 Å². The molecule has 3 N–H and O–H groups in total. The highest BCUT2D eigenvalue weighted by Gasteiger charge is 2.36. The van der Waals surface area contributed by atoms with Crippen LogP contribution in [0.1, 0.15) is 11.6 Å². The molecule has 2 rings (SSSR count). The Labute approximate surface area is 84.4 Å². The summed E-state index contributed by atoms with van der Waals surface area (Å²) < 4.78 is 1.02. The fourth-order valence-electron chi connectivity index (χ4n) is 1.36. The maximum absolute atomic E-state index is 10.8. The van der Waals surface area contributed by atoms with Crippen LogP contribution >= 0.6 is 15.9 Å². The van der Waals surface area contributed by atoms with Gasteiger partial charge >= 0.3 is 0 Å². The van der Waals surface area contributed by atoms with Crippen molar-refractivity contribution in [2.75, 3.05) is 0 Å². The van der Waals surface area contributed by atoms with Crippen LogP contribution in [-0.2, 0) is 4.79 Å². The lowest BCUT2D eigenvalue weighted by molar-refractivity contribution is -0.130.